The van der Waals surface area contributed by atoms with E-state index in [0.29, 0.717) is 6.54 Å². The Morgan fingerprint density at radius 2 is 1.86 bits per heavy atom. The second-order valence-electron chi connectivity index (χ2n) is 5.32. The summed E-state index contributed by atoms with van der Waals surface area (Å²) in [5, 5.41) is 10.3. The van der Waals surface area contributed by atoms with Gasteiger partial charge in [-0.05, 0) is 19.4 Å². The lowest BCUT2D eigenvalue weighted by Gasteiger charge is -2.19. The molecule has 0 aliphatic carbocycles. The van der Waals surface area contributed by atoms with Crippen molar-refractivity contribution in [3.05, 3.63) is 41.0 Å². The summed E-state index contributed by atoms with van der Waals surface area (Å²) in [4.78, 5) is 13.5. The van der Waals surface area contributed by atoms with Crippen molar-refractivity contribution in [2.75, 3.05) is 25.1 Å². The Balaban J connectivity index is 2.31. The minimum atomic E-state index is 0.102. The van der Waals surface area contributed by atoms with Gasteiger partial charge in [0.15, 0.2) is 0 Å². The molecular formula is C17H19N3OS. The van der Waals surface area contributed by atoms with Crippen LogP contribution in [0.25, 0.3) is 21.3 Å². The highest BCUT2D eigenvalue weighted by molar-refractivity contribution is 7.19. The normalized spacial score (nSPS) is 11.1. The number of aliphatic hydroxyl groups excluding tert-OH is 1. The second-order valence-corrected chi connectivity index (χ2v) is 6.52. The minimum Gasteiger partial charge on any atom is -0.395 e. The highest BCUT2D eigenvalue weighted by atomic mass is 32.1. The Bertz CT molecular complexity index is 799. The maximum absolute atomic E-state index is 9.25. The summed E-state index contributed by atoms with van der Waals surface area (Å²) in [5.41, 5.74) is 2.37. The molecule has 3 rings (SSSR count). The third kappa shape index (κ3) is 2.58. The number of benzene rings is 1. The molecule has 0 amide bonds. The van der Waals surface area contributed by atoms with Crippen LogP contribution >= 0.6 is 11.3 Å². The van der Waals surface area contributed by atoms with Crippen LogP contribution in [-0.4, -0.2) is 35.3 Å². The number of hydrogen-bond acceptors (Lipinski definition) is 5. The Hall–Kier alpha value is -1.98. The first kappa shape index (κ1) is 14.9. The van der Waals surface area contributed by atoms with Crippen LogP contribution in [-0.2, 0) is 0 Å². The van der Waals surface area contributed by atoms with Crippen LogP contribution in [0.1, 0.15) is 10.7 Å². The van der Waals surface area contributed by atoms with Crippen LogP contribution in [0.3, 0.4) is 0 Å². The lowest BCUT2D eigenvalue weighted by molar-refractivity contribution is 0.304. The molecule has 2 aromatic heterocycles. The maximum Gasteiger partial charge on any atom is 0.141 e. The summed E-state index contributed by atoms with van der Waals surface area (Å²) in [7, 11) is 1.96. The largest absolute Gasteiger partial charge is 0.395 e. The molecule has 5 heteroatoms. The predicted octanol–water partition coefficient (Wildman–Crippen LogP) is 3.40. The average molecular weight is 313 g/mol. The van der Waals surface area contributed by atoms with Crippen LogP contribution in [0.4, 0.5) is 5.82 Å². The number of fused-ring (bicyclic) bond motifs is 1. The van der Waals surface area contributed by atoms with Crippen LogP contribution in [0.5, 0.6) is 0 Å². The molecule has 0 atom stereocenters. The van der Waals surface area contributed by atoms with Gasteiger partial charge in [-0.3, -0.25) is 0 Å². The third-order valence-electron chi connectivity index (χ3n) is 3.68. The van der Waals surface area contributed by atoms with Gasteiger partial charge in [0.1, 0.15) is 16.5 Å². The van der Waals surface area contributed by atoms with Gasteiger partial charge >= 0.3 is 0 Å². The molecular weight excluding hydrogens is 294 g/mol. The predicted molar refractivity (Wildman–Crippen MR) is 92.7 cm³/mol. The van der Waals surface area contributed by atoms with Crippen molar-refractivity contribution in [3.63, 3.8) is 0 Å². The molecule has 22 heavy (non-hydrogen) atoms. The van der Waals surface area contributed by atoms with Gasteiger partial charge in [0.2, 0.25) is 0 Å². The molecule has 0 saturated carbocycles. The summed E-state index contributed by atoms with van der Waals surface area (Å²) in [6.07, 6.45) is 0. The Morgan fingerprint density at radius 3 is 2.55 bits per heavy atom. The van der Waals surface area contributed by atoms with Gasteiger partial charge in [-0.25, -0.2) is 9.97 Å². The topological polar surface area (TPSA) is 49.2 Å². The lowest BCUT2D eigenvalue weighted by Crippen LogP contribution is -2.23. The van der Waals surface area contributed by atoms with E-state index >= 15 is 0 Å². The molecule has 0 aliphatic rings. The number of aryl methyl sites for hydroxylation is 2. The molecule has 0 radical (unpaired) electrons. The first-order valence-electron chi connectivity index (χ1n) is 7.27. The molecule has 4 nitrogen and oxygen atoms in total. The van der Waals surface area contributed by atoms with E-state index in [4.69, 9.17) is 0 Å². The van der Waals surface area contributed by atoms with Crippen molar-refractivity contribution in [2.45, 2.75) is 13.8 Å². The fraction of sp³-hybridized carbons (Fsp3) is 0.294. The van der Waals surface area contributed by atoms with Crippen LogP contribution in [0.15, 0.2) is 30.3 Å². The van der Waals surface area contributed by atoms with Crippen molar-refractivity contribution < 1.29 is 5.11 Å². The minimum absolute atomic E-state index is 0.102. The van der Waals surface area contributed by atoms with E-state index in [1.807, 2.05) is 37.1 Å². The number of hydrogen-bond donors (Lipinski definition) is 1. The SMILES string of the molecule is Cc1nc(N(C)CCO)c2c(-c3ccccc3)c(C)sc2n1. The number of anilines is 1. The first-order valence-corrected chi connectivity index (χ1v) is 8.08. The molecule has 0 bridgehead atoms. The fourth-order valence-electron chi connectivity index (χ4n) is 2.68. The van der Waals surface area contributed by atoms with Gasteiger partial charge in [0, 0.05) is 24.0 Å². The number of thiophene rings is 1. The fourth-order valence-corrected chi connectivity index (χ4v) is 3.77. The lowest BCUT2D eigenvalue weighted by atomic mass is 10.0. The van der Waals surface area contributed by atoms with Crippen LogP contribution < -0.4 is 4.90 Å². The van der Waals surface area contributed by atoms with E-state index in [0.717, 1.165) is 21.9 Å². The molecule has 0 spiro atoms. The molecule has 1 aromatic carbocycles. The van der Waals surface area contributed by atoms with E-state index in [1.165, 1.54) is 16.0 Å². The van der Waals surface area contributed by atoms with E-state index in [9.17, 15) is 5.11 Å². The summed E-state index contributed by atoms with van der Waals surface area (Å²) in [6, 6.07) is 10.3. The third-order valence-corrected chi connectivity index (χ3v) is 4.68. The Morgan fingerprint density at radius 1 is 1.14 bits per heavy atom. The highest BCUT2D eigenvalue weighted by Crippen LogP contribution is 2.41. The van der Waals surface area contributed by atoms with Crippen molar-refractivity contribution in [1.29, 1.82) is 0 Å². The maximum atomic E-state index is 9.25. The summed E-state index contributed by atoms with van der Waals surface area (Å²) in [5.74, 6) is 1.65. The van der Waals surface area contributed by atoms with Crippen molar-refractivity contribution in [3.8, 4) is 11.1 Å². The first-order chi connectivity index (χ1) is 10.6. The summed E-state index contributed by atoms with van der Waals surface area (Å²) >= 11 is 1.70. The number of likely N-dealkylation sites (N-methyl/N-ethyl adjacent to an activating group) is 1. The quantitative estimate of drug-likeness (QED) is 0.802. The van der Waals surface area contributed by atoms with Gasteiger partial charge < -0.3 is 10.0 Å². The zero-order chi connectivity index (χ0) is 15.7. The van der Waals surface area contributed by atoms with Gasteiger partial charge in [0.05, 0.1) is 12.0 Å². The highest BCUT2D eigenvalue weighted by Gasteiger charge is 2.19. The number of nitrogens with zero attached hydrogens (tertiary/aromatic N) is 3. The zero-order valence-corrected chi connectivity index (χ0v) is 13.8. The van der Waals surface area contributed by atoms with Crippen LogP contribution in [0, 0.1) is 13.8 Å². The molecule has 0 saturated heterocycles. The van der Waals surface area contributed by atoms with Crippen molar-refractivity contribution in [1.82, 2.24) is 9.97 Å². The molecule has 0 fully saturated rings. The van der Waals surface area contributed by atoms with E-state index < -0.39 is 0 Å². The molecule has 1 N–H and O–H groups in total. The standard InChI is InChI=1S/C17H19N3OS/c1-11-14(13-7-5-4-6-8-13)15-16(20(3)9-10-21)18-12(2)19-17(15)22-11/h4-8,21H,9-10H2,1-3H3. The van der Waals surface area contributed by atoms with Gasteiger partial charge in [-0.15, -0.1) is 11.3 Å². The molecule has 0 aliphatic heterocycles. The van der Waals surface area contributed by atoms with Crippen LogP contribution in [0.2, 0.25) is 0 Å². The average Bonchev–Trinajstić information content (AvgIpc) is 2.83. The number of aliphatic hydroxyl groups is 1. The molecule has 0 unspecified atom stereocenters. The van der Waals surface area contributed by atoms with Gasteiger partial charge in [-0.2, -0.15) is 0 Å². The summed E-state index contributed by atoms with van der Waals surface area (Å²) in [6.45, 7) is 4.69. The van der Waals surface area contributed by atoms with Gasteiger partial charge in [0.25, 0.3) is 0 Å². The van der Waals surface area contributed by atoms with E-state index in [-0.39, 0.29) is 6.61 Å². The van der Waals surface area contributed by atoms with E-state index in [2.05, 4.69) is 29.0 Å². The molecule has 114 valence electrons. The second kappa shape index (κ2) is 6.02. The van der Waals surface area contributed by atoms with E-state index in [1.54, 1.807) is 11.3 Å². The van der Waals surface area contributed by atoms with Crippen molar-refractivity contribution in [2.24, 2.45) is 0 Å². The Kier molecular flexibility index (Phi) is 4.09. The summed E-state index contributed by atoms with van der Waals surface area (Å²) < 4.78 is 0. The number of aromatic nitrogens is 2. The smallest absolute Gasteiger partial charge is 0.141 e. The van der Waals surface area contributed by atoms with Gasteiger partial charge in [-0.1, -0.05) is 30.3 Å². The molecule has 2 heterocycles. The zero-order valence-electron chi connectivity index (χ0n) is 13.0. The molecule has 3 aromatic rings. The Labute approximate surface area is 134 Å². The number of rotatable bonds is 4. The van der Waals surface area contributed by atoms with Crippen molar-refractivity contribution >= 4 is 27.4 Å². The monoisotopic (exact) mass is 313 g/mol.